The zero-order valence-corrected chi connectivity index (χ0v) is 9.52. The maximum Gasteiger partial charge on any atom is 0.225 e. The highest BCUT2D eigenvalue weighted by atomic mass is 35.5. The van der Waals surface area contributed by atoms with Crippen LogP contribution in [0.2, 0.25) is 0 Å². The van der Waals surface area contributed by atoms with Crippen molar-refractivity contribution < 1.29 is 9.53 Å². The molecule has 0 aromatic heterocycles. The van der Waals surface area contributed by atoms with Crippen molar-refractivity contribution in [1.82, 2.24) is 10.6 Å². The van der Waals surface area contributed by atoms with Crippen molar-refractivity contribution in [2.75, 3.05) is 26.2 Å². The minimum Gasteiger partial charge on any atom is -0.377 e. The number of amides is 1. The van der Waals surface area contributed by atoms with Crippen LogP contribution in [0.3, 0.4) is 0 Å². The number of ether oxygens (including phenoxy) is 1. The van der Waals surface area contributed by atoms with E-state index in [1.54, 1.807) is 0 Å². The molecule has 0 aliphatic carbocycles. The molecular formula is C9H19ClN2O2. The molecule has 1 saturated heterocycles. The van der Waals surface area contributed by atoms with Crippen LogP contribution in [0.4, 0.5) is 0 Å². The smallest absolute Gasteiger partial charge is 0.225 e. The molecule has 0 aromatic carbocycles. The van der Waals surface area contributed by atoms with Crippen LogP contribution in [-0.4, -0.2) is 38.3 Å². The van der Waals surface area contributed by atoms with Gasteiger partial charge in [-0.15, -0.1) is 12.4 Å². The Hall–Kier alpha value is -0.320. The second-order valence-corrected chi connectivity index (χ2v) is 3.37. The van der Waals surface area contributed by atoms with Crippen LogP contribution < -0.4 is 10.6 Å². The summed E-state index contributed by atoms with van der Waals surface area (Å²) in [6, 6.07) is 0. The quantitative estimate of drug-likeness (QED) is 0.697. The molecule has 2 N–H and O–H groups in total. The van der Waals surface area contributed by atoms with Crippen LogP contribution >= 0.6 is 12.4 Å². The summed E-state index contributed by atoms with van der Waals surface area (Å²) in [5.74, 6) is 0.319. The fourth-order valence-electron chi connectivity index (χ4n) is 1.21. The third-order valence-electron chi connectivity index (χ3n) is 2.17. The average Bonchev–Trinajstić information content (AvgIpc) is 1.98. The average molecular weight is 223 g/mol. The lowest BCUT2D eigenvalue weighted by Gasteiger charge is -2.26. The van der Waals surface area contributed by atoms with Crippen molar-refractivity contribution in [1.29, 1.82) is 0 Å². The zero-order valence-electron chi connectivity index (χ0n) is 8.71. The second kappa shape index (κ2) is 7.04. The van der Waals surface area contributed by atoms with Gasteiger partial charge < -0.3 is 15.4 Å². The van der Waals surface area contributed by atoms with Gasteiger partial charge in [0.25, 0.3) is 0 Å². The first kappa shape index (κ1) is 13.7. The Bertz CT molecular complexity index is 174. The fraction of sp³-hybridized carbons (Fsp3) is 0.889. The van der Waals surface area contributed by atoms with Crippen molar-refractivity contribution >= 4 is 18.3 Å². The highest BCUT2D eigenvalue weighted by Gasteiger charge is 2.24. The monoisotopic (exact) mass is 222 g/mol. The van der Waals surface area contributed by atoms with E-state index in [1.807, 2.05) is 13.8 Å². The summed E-state index contributed by atoms with van der Waals surface area (Å²) in [5, 5.41) is 5.93. The Morgan fingerprint density at radius 2 is 2.29 bits per heavy atom. The van der Waals surface area contributed by atoms with Gasteiger partial charge in [-0.05, 0) is 13.8 Å². The highest BCUT2D eigenvalue weighted by Crippen LogP contribution is 2.01. The topological polar surface area (TPSA) is 50.4 Å². The van der Waals surface area contributed by atoms with E-state index < -0.39 is 0 Å². The van der Waals surface area contributed by atoms with Gasteiger partial charge >= 0.3 is 0 Å². The van der Waals surface area contributed by atoms with Crippen LogP contribution in [0.1, 0.15) is 13.8 Å². The Kier molecular flexibility index (Phi) is 6.87. The molecule has 0 radical (unpaired) electrons. The van der Waals surface area contributed by atoms with E-state index in [2.05, 4.69) is 10.6 Å². The van der Waals surface area contributed by atoms with E-state index in [1.165, 1.54) is 0 Å². The Morgan fingerprint density at radius 1 is 1.64 bits per heavy atom. The van der Waals surface area contributed by atoms with Gasteiger partial charge in [0, 0.05) is 26.2 Å². The summed E-state index contributed by atoms with van der Waals surface area (Å²) >= 11 is 0. The first-order valence-electron chi connectivity index (χ1n) is 4.84. The van der Waals surface area contributed by atoms with Crippen LogP contribution in [-0.2, 0) is 9.53 Å². The van der Waals surface area contributed by atoms with Crippen molar-refractivity contribution in [3.8, 4) is 0 Å². The third kappa shape index (κ3) is 4.26. The molecule has 0 spiro atoms. The van der Waals surface area contributed by atoms with Gasteiger partial charge in [0.15, 0.2) is 0 Å². The second-order valence-electron chi connectivity index (χ2n) is 3.37. The van der Waals surface area contributed by atoms with Crippen molar-refractivity contribution in [3.05, 3.63) is 0 Å². The predicted octanol–water partition coefficient (Wildman–Crippen LogP) is 0.169. The van der Waals surface area contributed by atoms with Crippen LogP contribution in [0.25, 0.3) is 0 Å². The third-order valence-corrected chi connectivity index (χ3v) is 2.17. The van der Waals surface area contributed by atoms with E-state index >= 15 is 0 Å². The van der Waals surface area contributed by atoms with Gasteiger partial charge in [-0.25, -0.2) is 0 Å². The molecular weight excluding hydrogens is 204 g/mol. The maximum absolute atomic E-state index is 11.3. The molecule has 1 atom stereocenters. The van der Waals surface area contributed by atoms with Crippen LogP contribution in [0.5, 0.6) is 0 Å². The van der Waals surface area contributed by atoms with Gasteiger partial charge in [0.05, 0.1) is 12.0 Å². The van der Waals surface area contributed by atoms with E-state index in [0.717, 1.165) is 13.1 Å². The first-order chi connectivity index (χ1) is 6.24. The summed E-state index contributed by atoms with van der Waals surface area (Å²) in [4.78, 5) is 11.3. The minimum absolute atomic E-state index is 0. The molecule has 0 bridgehead atoms. The van der Waals surface area contributed by atoms with Crippen LogP contribution in [0, 0.1) is 5.92 Å². The number of carbonyl (C=O) groups excluding carboxylic acids is 1. The number of rotatable bonds is 5. The van der Waals surface area contributed by atoms with Gasteiger partial charge in [-0.1, -0.05) is 0 Å². The highest BCUT2D eigenvalue weighted by molar-refractivity contribution is 5.85. The van der Waals surface area contributed by atoms with E-state index in [0.29, 0.717) is 13.2 Å². The Balaban J connectivity index is 0.00000169. The Labute approximate surface area is 91.2 Å². The normalized spacial score (nSPS) is 17.9. The molecule has 1 rings (SSSR count). The number of nitrogens with one attached hydrogen (secondary N) is 2. The van der Waals surface area contributed by atoms with Crippen molar-refractivity contribution in [2.45, 2.75) is 20.0 Å². The molecule has 1 unspecified atom stereocenters. The number of hydrogen-bond acceptors (Lipinski definition) is 3. The van der Waals surface area contributed by atoms with Gasteiger partial charge in [-0.3, -0.25) is 4.79 Å². The standard InChI is InChI=1S/C9H18N2O2.ClH/c1-3-13-7(2)4-11-9(12)8-5-10-6-8;/h7-8,10H,3-6H2,1-2H3,(H,11,12);1H. The van der Waals surface area contributed by atoms with Gasteiger partial charge in [-0.2, -0.15) is 0 Å². The Morgan fingerprint density at radius 3 is 2.71 bits per heavy atom. The van der Waals surface area contributed by atoms with E-state index in [9.17, 15) is 4.79 Å². The fourth-order valence-corrected chi connectivity index (χ4v) is 1.21. The predicted molar refractivity (Wildman–Crippen MR) is 57.7 cm³/mol. The molecule has 0 saturated carbocycles. The zero-order chi connectivity index (χ0) is 9.68. The SMILES string of the molecule is CCOC(C)CNC(=O)C1CNC1.Cl. The summed E-state index contributed by atoms with van der Waals surface area (Å²) < 4.78 is 5.29. The molecule has 14 heavy (non-hydrogen) atoms. The largest absolute Gasteiger partial charge is 0.377 e. The summed E-state index contributed by atoms with van der Waals surface area (Å²) in [5.41, 5.74) is 0. The maximum atomic E-state index is 11.3. The summed E-state index contributed by atoms with van der Waals surface area (Å²) in [7, 11) is 0. The molecule has 0 aromatic rings. The molecule has 1 amide bonds. The van der Waals surface area contributed by atoms with Gasteiger partial charge in [0.2, 0.25) is 5.91 Å². The minimum atomic E-state index is 0. The van der Waals surface area contributed by atoms with Crippen molar-refractivity contribution in [3.63, 3.8) is 0 Å². The molecule has 1 fully saturated rings. The molecule has 5 heteroatoms. The molecule has 84 valence electrons. The molecule has 1 aliphatic rings. The van der Waals surface area contributed by atoms with Crippen LogP contribution in [0.15, 0.2) is 0 Å². The lowest BCUT2D eigenvalue weighted by molar-refractivity contribution is -0.127. The lowest BCUT2D eigenvalue weighted by atomic mass is 10.0. The van der Waals surface area contributed by atoms with Gasteiger partial charge in [0.1, 0.15) is 0 Å². The lowest BCUT2D eigenvalue weighted by Crippen LogP contribution is -2.51. The summed E-state index contributed by atoms with van der Waals surface area (Å²) in [6.07, 6.45) is 0.113. The number of halogens is 1. The van der Waals surface area contributed by atoms with E-state index in [4.69, 9.17) is 4.74 Å². The van der Waals surface area contributed by atoms with E-state index in [-0.39, 0.29) is 30.3 Å². The molecule has 1 aliphatic heterocycles. The number of carbonyl (C=O) groups is 1. The first-order valence-corrected chi connectivity index (χ1v) is 4.84. The molecule has 4 nitrogen and oxygen atoms in total. The molecule has 1 heterocycles. The number of hydrogen-bond donors (Lipinski definition) is 2. The summed E-state index contributed by atoms with van der Waals surface area (Å²) in [6.45, 7) is 6.85. The van der Waals surface area contributed by atoms with Crippen molar-refractivity contribution in [2.24, 2.45) is 5.92 Å².